The lowest BCUT2D eigenvalue weighted by molar-refractivity contribution is -0.115. The van der Waals surface area contributed by atoms with Crippen LogP contribution in [0.1, 0.15) is 11.1 Å². The molecular formula is C15H13ClN2O2. The molecule has 5 heteroatoms. The molecule has 1 N–H and O–H groups in total. The van der Waals surface area contributed by atoms with Crippen molar-refractivity contribution < 1.29 is 9.53 Å². The van der Waals surface area contributed by atoms with Crippen LogP contribution in [0.3, 0.4) is 0 Å². The van der Waals surface area contributed by atoms with Crippen LogP contribution in [0.25, 0.3) is 0 Å². The number of nitrogens with zero attached hydrogens (tertiary/aromatic N) is 1. The van der Waals surface area contributed by atoms with Crippen molar-refractivity contribution >= 4 is 23.2 Å². The molecule has 102 valence electrons. The molecule has 0 fully saturated rings. The van der Waals surface area contributed by atoms with Crippen LogP contribution in [0, 0.1) is 0 Å². The fourth-order valence-electron chi connectivity index (χ4n) is 2.21. The van der Waals surface area contributed by atoms with Gasteiger partial charge in [-0.3, -0.25) is 4.79 Å². The highest BCUT2D eigenvalue weighted by atomic mass is 35.5. The van der Waals surface area contributed by atoms with Crippen LogP contribution < -0.4 is 10.1 Å². The Morgan fingerprint density at radius 2 is 2.30 bits per heavy atom. The number of anilines is 1. The smallest absolute Gasteiger partial charge is 0.228 e. The molecule has 0 radical (unpaired) electrons. The number of aromatic nitrogens is 1. The SMILES string of the molecule is O=C(Cc1ccc2c(c1)CCO2)Nc1cccnc1Cl. The monoisotopic (exact) mass is 288 g/mol. The van der Waals surface area contributed by atoms with Crippen LogP contribution in [0.5, 0.6) is 5.75 Å². The Morgan fingerprint density at radius 3 is 3.15 bits per heavy atom. The molecule has 0 spiro atoms. The quantitative estimate of drug-likeness (QED) is 0.884. The van der Waals surface area contributed by atoms with Gasteiger partial charge in [-0.15, -0.1) is 0 Å². The van der Waals surface area contributed by atoms with Gasteiger partial charge < -0.3 is 10.1 Å². The summed E-state index contributed by atoms with van der Waals surface area (Å²) in [7, 11) is 0. The lowest BCUT2D eigenvalue weighted by Gasteiger charge is -2.07. The van der Waals surface area contributed by atoms with Gasteiger partial charge in [0.2, 0.25) is 5.91 Å². The second kappa shape index (κ2) is 5.51. The third-order valence-electron chi connectivity index (χ3n) is 3.15. The van der Waals surface area contributed by atoms with Gasteiger partial charge in [0, 0.05) is 12.6 Å². The second-order valence-electron chi connectivity index (χ2n) is 4.61. The summed E-state index contributed by atoms with van der Waals surface area (Å²) < 4.78 is 5.44. The summed E-state index contributed by atoms with van der Waals surface area (Å²) in [5, 5.41) is 3.06. The minimum absolute atomic E-state index is 0.112. The van der Waals surface area contributed by atoms with Crippen LogP contribution in [-0.4, -0.2) is 17.5 Å². The molecular weight excluding hydrogens is 276 g/mol. The molecule has 1 amide bonds. The third kappa shape index (κ3) is 2.75. The van der Waals surface area contributed by atoms with E-state index in [4.69, 9.17) is 16.3 Å². The first kappa shape index (κ1) is 12.9. The zero-order valence-electron chi connectivity index (χ0n) is 10.7. The maximum atomic E-state index is 12.0. The highest BCUT2D eigenvalue weighted by Gasteiger charge is 2.13. The van der Waals surface area contributed by atoms with Gasteiger partial charge in [0.1, 0.15) is 5.75 Å². The van der Waals surface area contributed by atoms with Crippen molar-refractivity contribution in [2.75, 3.05) is 11.9 Å². The van der Waals surface area contributed by atoms with E-state index in [1.165, 1.54) is 0 Å². The Hall–Kier alpha value is -2.07. The van der Waals surface area contributed by atoms with Gasteiger partial charge in [-0.05, 0) is 29.3 Å². The first-order valence-corrected chi connectivity index (χ1v) is 6.75. The molecule has 0 bridgehead atoms. The van der Waals surface area contributed by atoms with Gasteiger partial charge in [-0.2, -0.15) is 0 Å². The van der Waals surface area contributed by atoms with Crippen molar-refractivity contribution in [1.29, 1.82) is 0 Å². The van der Waals surface area contributed by atoms with Crippen molar-refractivity contribution in [2.24, 2.45) is 0 Å². The molecule has 1 aliphatic heterocycles. The van der Waals surface area contributed by atoms with E-state index in [0.29, 0.717) is 17.3 Å². The van der Waals surface area contributed by atoms with Crippen LogP contribution in [-0.2, 0) is 17.6 Å². The predicted octanol–water partition coefficient (Wildman–Crippen LogP) is 2.85. The van der Waals surface area contributed by atoms with Gasteiger partial charge in [0.05, 0.1) is 18.7 Å². The van der Waals surface area contributed by atoms with E-state index in [-0.39, 0.29) is 5.91 Å². The fraction of sp³-hybridized carbons (Fsp3) is 0.200. The van der Waals surface area contributed by atoms with Crippen LogP contribution in [0.15, 0.2) is 36.5 Å². The molecule has 4 nitrogen and oxygen atoms in total. The van der Waals surface area contributed by atoms with Crippen molar-refractivity contribution in [2.45, 2.75) is 12.8 Å². The summed E-state index contributed by atoms with van der Waals surface area (Å²) in [4.78, 5) is 15.9. The van der Waals surface area contributed by atoms with Gasteiger partial charge in [-0.25, -0.2) is 4.98 Å². The van der Waals surface area contributed by atoms with Crippen molar-refractivity contribution in [1.82, 2.24) is 4.98 Å². The number of amides is 1. The van der Waals surface area contributed by atoms with Crippen molar-refractivity contribution in [3.63, 3.8) is 0 Å². The zero-order chi connectivity index (χ0) is 13.9. The molecule has 0 atom stereocenters. The average molecular weight is 289 g/mol. The maximum Gasteiger partial charge on any atom is 0.228 e. The molecule has 2 heterocycles. The number of rotatable bonds is 3. The fourth-order valence-corrected chi connectivity index (χ4v) is 2.38. The van der Waals surface area contributed by atoms with Gasteiger partial charge in [-0.1, -0.05) is 23.7 Å². The van der Waals surface area contributed by atoms with Gasteiger partial charge in [0.15, 0.2) is 5.15 Å². The molecule has 2 aromatic rings. The molecule has 0 aliphatic carbocycles. The number of pyridine rings is 1. The number of nitrogens with one attached hydrogen (secondary N) is 1. The summed E-state index contributed by atoms with van der Waals surface area (Å²) >= 11 is 5.91. The minimum atomic E-state index is -0.112. The van der Waals surface area contributed by atoms with Gasteiger partial charge >= 0.3 is 0 Å². The molecule has 1 aromatic carbocycles. The molecule has 1 aliphatic rings. The minimum Gasteiger partial charge on any atom is -0.493 e. The maximum absolute atomic E-state index is 12.0. The van der Waals surface area contributed by atoms with E-state index in [9.17, 15) is 4.79 Å². The first-order valence-electron chi connectivity index (χ1n) is 6.37. The zero-order valence-corrected chi connectivity index (χ0v) is 11.5. The van der Waals surface area contributed by atoms with Crippen LogP contribution in [0.2, 0.25) is 5.15 Å². The lowest BCUT2D eigenvalue weighted by Crippen LogP contribution is -2.15. The Labute approximate surface area is 121 Å². The molecule has 20 heavy (non-hydrogen) atoms. The summed E-state index contributed by atoms with van der Waals surface area (Å²) in [6.45, 7) is 0.719. The highest BCUT2D eigenvalue weighted by Crippen LogP contribution is 2.26. The molecule has 1 aromatic heterocycles. The Kier molecular flexibility index (Phi) is 3.56. The summed E-state index contributed by atoms with van der Waals surface area (Å²) in [6.07, 6.45) is 2.79. The summed E-state index contributed by atoms with van der Waals surface area (Å²) in [5.74, 6) is 0.809. The van der Waals surface area contributed by atoms with Crippen LogP contribution in [0.4, 0.5) is 5.69 Å². The van der Waals surface area contributed by atoms with E-state index in [1.54, 1.807) is 18.3 Å². The molecule has 3 rings (SSSR count). The number of fused-ring (bicyclic) bond motifs is 1. The summed E-state index contributed by atoms with van der Waals surface area (Å²) in [5.41, 5.74) is 2.66. The largest absolute Gasteiger partial charge is 0.493 e. The van der Waals surface area contributed by atoms with Crippen molar-refractivity contribution in [3.8, 4) is 5.75 Å². The van der Waals surface area contributed by atoms with E-state index >= 15 is 0 Å². The number of carbonyl (C=O) groups is 1. The average Bonchev–Trinajstić information content (AvgIpc) is 2.89. The third-order valence-corrected chi connectivity index (χ3v) is 3.45. The van der Waals surface area contributed by atoms with Crippen LogP contribution >= 0.6 is 11.6 Å². The Bertz CT molecular complexity index is 658. The Morgan fingerprint density at radius 1 is 1.40 bits per heavy atom. The molecule has 0 unspecified atom stereocenters. The van der Waals surface area contributed by atoms with E-state index in [2.05, 4.69) is 10.3 Å². The number of ether oxygens (including phenoxy) is 1. The number of hydrogen-bond donors (Lipinski definition) is 1. The Balaban J connectivity index is 1.69. The number of carbonyl (C=O) groups excluding carboxylic acids is 1. The standard InChI is InChI=1S/C15H13ClN2O2/c16-15-12(2-1-6-17-15)18-14(19)9-10-3-4-13-11(8-10)5-7-20-13/h1-4,6,8H,5,7,9H2,(H,18,19). The van der Waals surface area contributed by atoms with E-state index < -0.39 is 0 Å². The molecule has 0 saturated carbocycles. The van der Waals surface area contributed by atoms with E-state index in [1.807, 2.05) is 18.2 Å². The highest BCUT2D eigenvalue weighted by molar-refractivity contribution is 6.32. The second-order valence-corrected chi connectivity index (χ2v) is 4.97. The number of hydrogen-bond acceptors (Lipinski definition) is 3. The number of halogens is 1. The number of benzene rings is 1. The van der Waals surface area contributed by atoms with E-state index in [0.717, 1.165) is 29.9 Å². The molecule has 0 saturated heterocycles. The topological polar surface area (TPSA) is 51.2 Å². The first-order chi connectivity index (χ1) is 9.72. The van der Waals surface area contributed by atoms with Crippen molar-refractivity contribution in [3.05, 3.63) is 52.8 Å². The lowest BCUT2D eigenvalue weighted by atomic mass is 10.1. The normalized spacial score (nSPS) is 12.7. The van der Waals surface area contributed by atoms with Gasteiger partial charge in [0.25, 0.3) is 0 Å². The summed E-state index contributed by atoms with van der Waals surface area (Å²) in [6, 6.07) is 9.31. The predicted molar refractivity (Wildman–Crippen MR) is 77.2 cm³/mol.